The number of carbonyl (C=O) groups excluding carboxylic acids is 2. The molecule has 0 saturated heterocycles. The largest absolute Gasteiger partial charge is 0.480 e. The number of rotatable bonds is 6. The average molecular weight is 327 g/mol. The number of amides is 1. The zero-order valence-electron chi connectivity index (χ0n) is 13.1. The molecule has 0 heterocycles. The van der Waals surface area contributed by atoms with Crippen molar-refractivity contribution in [1.82, 2.24) is 5.32 Å². The highest BCUT2D eigenvalue weighted by Crippen LogP contribution is 2.14. The number of carbonyl (C=O) groups is 3. The molecule has 0 aliphatic rings. The highest BCUT2D eigenvalue weighted by Gasteiger charge is 2.21. The van der Waals surface area contributed by atoms with Crippen LogP contribution in [-0.4, -0.2) is 29.0 Å². The van der Waals surface area contributed by atoms with Gasteiger partial charge in [-0.15, -0.1) is 0 Å². The summed E-state index contributed by atoms with van der Waals surface area (Å²) in [6, 6.07) is 13.8. The number of carboxylic acid groups (broad SMARTS) is 1. The van der Waals surface area contributed by atoms with Crippen LogP contribution in [0.2, 0.25) is 0 Å². The maximum absolute atomic E-state index is 12.1. The quantitative estimate of drug-likeness (QED) is 0.625. The van der Waals surface area contributed by atoms with E-state index in [0.29, 0.717) is 16.9 Å². The van der Waals surface area contributed by atoms with Crippen LogP contribution in [0.3, 0.4) is 0 Å². The average Bonchev–Trinajstić information content (AvgIpc) is 2.56. The Hall–Kier alpha value is -3.15. The molecular formula is C18H17NO5. The van der Waals surface area contributed by atoms with E-state index in [1.165, 1.54) is 6.92 Å². The van der Waals surface area contributed by atoms with Gasteiger partial charge in [0.25, 0.3) is 5.91 Å². The van der Waals surface area contributed by atoms with Gasteiger partial charge < -0.3 is 15.2 Å². The summed E-state index contributed by atoms with van der Waals surface area (Å²) in [7, 11) is 0. The second-order valence-electron chi connectivity index (χ2n) is 5.17. The van der Waals surface area contributed by atoms with Gasteiger partial charge in [0.15, 0.2) is 0 Å². The molecule has 0 aliphatic heterocycles. The number of hydrogen-bond donors (Lipinski definition) is 2. The van der Waals surface area contributed by atoms with Gasteiger partial charge in [-0.25, -0.2) is 4.79 Å². The maximum atomic E-state index is 12.1. The lowest BCUT2D eigenvalue weighted by Crippen LogP contribution is -2.42. The van der Waals surface area contributed by atoms with Gasteiger partial charge in [-0.05, 0) is 29.8 Å². The van der Waals surface area contributed by atoms with Crippen molar-refractivity contribution >= 4 is 17.8 Å². The van der Waals surface area contributed by atoms with Crippen LogP contribution in [0.25, 0.3) is 0 Å². The number of hydrogen-bond acceptors (Lipinski definition) is 4. The fourth-order valence-corrected chi connectivity index (χ4v) is 2.13. The summed E-state index contributed by atoms with van der Waals surface area (Å²) in [5, 5.41) is 11.8. The zero-order chi connectivity index (χ0) is 17.5. The smallest absolute Gasteiger partial charge is 0.326 e. The van der Waals surface area contributed by atoms with Crippen molar-refractivity contribution in [2.75, 3.05) is 0 Å². The van der Waals surface area contributed by atoms with Crippen LogP contribution < -0.4 is 10.1 Å². The Labute approximate surface area is 139 Å². The Morgan fingerprint density at radius 2 is 1.67 bits per heavy atom. The van der Waals surface area contributed by atoms with E-state index in [1.54, 1.807) is 54.6 Å². The van der Waals surface area contributed by atoms with Crippen LogP contribution in [-0.2, 0) is 16.0 Å². The Kier molecular flexibility index (Phi) is 5.68. The van der Waals surface area contributed by atoms with Gasteiger partial charge >= 0.3 is 11.9 Å². The van der Waals surface area contributed by atoms with Crippen LogP contribution in [0, 0.1) is 0 Å². The second-order valence-corrected chi connectivity index (χ2v) is 5.17. The maximum Gasteiger partial charge on any atom is 0.326 e. The highest BCUT2D eigenvalue weighted by molar-refractivity contribution is 5.96. The first-order valence-electron chi connectivity index (χ1n) is 7.32. The minimum atomic E-state index is -1.12. The summed E-state index contributed by atoms with van der Waals surface area (Å²) in [4.78, 5) is 34.4. The van der Waals surface area contributed by atoms with E-state index in [0.717, 1.165) is 0 Å². The molecule has 6 heteroatoms. The molecule has 24 heavy (non-hydrogen) atoms. The third-order valence-corrected chi connectivity index (χ3v) is 3.26. The number of benzene rings is 2. The first kappa shape index (κ1) is 17.2. The molecule has 2 aromatic carbocycles. The van der Waals surface area contributed by atoms with E-state index in [9.17, 15) is 19.5 Å². The van der Waals surface area contributed by atoms with Crippen molar-refractivity contribution in [1.29, 1.82) is 0 Å². The van der Waals surface area contributed by atoms with Crippen molar-refractivity contribution in [2.24, 2.45) is 0 Å². The van der Waals surface area contributed by atoms with Crippen molar-refractivity contribution in [3.05, 3.63) is 65.7 Å². The van der Waals surface area contributed by atoms with Crippen molar-refractivity contribution in [3.63, 3.8) is 0 Å². The fourth-order valence-electron chi connectivity index (χ4n) is 2.13. The van der Waals surface area contributed by atoms with Gasteiger partial charge in [-0.3, -0.25) is 9.59 Å². The SMILES string of the molecule is CC(=O)Oc1ccc(CC(NC(=O)c2ccccc2)C(=O)O)cc1. The van der Waals surface area contributed by atoms with Crippen LogP contribution in [0.4, 0.5) is 0 Å². The molecule has 1 amide bonds. The molecule has 0 bridgehead atoms. The molecule has 124 valence electrons. The van der Waals surface area contributed by atoms with Crippen LogP contribution in [0.15, 0.2) is 54.6 Å². The van der Waals surface area contributed by atoms with E-state index in [1.807, 2.05) is 0 Å². The van der Waals surface area contributed by atoms with Gasteiger partial charge in [-0.2, -0.15) is 0 Å². The molecule has 0 radical (unpaired) electrons. The van der Waals surface area contributed by atoms with Gasteiger partial charge in [0.05, 0.1) is 0 Å². The lowest BCUT2D eigenvalue weighted by Gasteiger charge is -2.15. The number of aliphatic carboxylic acids is 1. The van der Waals surface area contributed by atoms with Gasteiger partial charge in [-0.1, -0.05) is 30.3 Å². The topological polar surface area (TPSA) is 92.7 Å². The van der Waals surface area contributed by atoms with Crippen molar-refractivity contribution in [2.45, 2.75) is 19.4 Å². The molecule has 2 rings (SSSR count). The number of nitrogens with one attached hydrogen (secondary N) is 1. The third kappa shape index (κ3) is 4.95. The Bertz CT molecular complexity index is 725. The summed E-state index contributed by atoms with van der Waals surface area (Å²) >= 11 is 0. The van der Waals surface area contributed by atoms with Gasteiger partial charge in [0.2, 0.25) is 0 Å². The van der Waals surface area contributed by atoms with Crippen LogP contribution in [0.1, 0.15) is 22.8 Å². The molecule has 0 aromatic heterocycles. The number of carboxylic acids is 1. The van der Waals surface area contributed by atoms with E-state index >= 15 is 0 Å². The normalized spacial score (nSPS) is 11.4. The number of ether oxygens (including phenoxy) is 1. The lowest BCUT2D eigenvalue weighted by atomic mass is 10.1. The summed E-state index contributed by atoms with van der Waals surface area (Å²) in [5.41, 5.74) is 1.10. The highest BCUT2D eigenvalue weighted by atomic mass is 16.5. The van der Waals surface area contributed by atoms with E-state index in [-0.39, 0.29) is 6.42 Å². The van der Waals surface area contributed by atoms with E-state index < -0.39 is 23.9 Å². The zero-order valence-corrected chi connectivity index (χ0v) is 13.1. The molecule has 0 saturated carbocycles. The molecule has 1 unspecified atom stereocenters. The number of esters is 1. The Morgan fingerprint density at radius 3 is 2.21 bits per heavy atom. The molecule has 6 nitrogen and oxygen atoms in total. The first-order chi connectivity index (χ1) is 11.5. The van der Waals surface area contributed by atoms with Gasteiger partial charge in [0, 0.05) is 18.9 Å². The summed E-state index contributed by atoms with van der Waals surface area (Å²) < 4.78 is 4.92. The molecular weight excluding hydrogens is 310 g/mol. The van der Waals surface area contributed by atoms with Crippen molar-refractivity contribution < 1.29 is 24.2 Å². The predicted octanol–water partition coefficient (Wildman–Crippen LogP) is 2.04. The summed E-state index contributed by atoms with van der Waals surface area (Å²) in [6.45, 7) is 1.30. The molecule has 0 fully saturated rings. The van der Waals surface area contributed by atoms with Gasteiger partial charge in [0.1, 0.15) is 11.8 Å². The predicted molar refractivity (Wildman–Crippen MR) is 86.8 cm³/mol. The Balaban J connectivity index is 2.04. The van der Waals surface area contributed by atoms with Crippen LogP contribution >= 0.6 is 0 Å². The van der Waals surface area contributed by atoms with Crippen LogP contribution in [0.5, 0.6) is 5.75 Å². The summed E-state index contributed by atoms with van der Waals surface area (Å²) in [6.07, 6.45) is 0.119. The lowest BCUT2D eigenvalue weighted by molar-refractivity contribution is -0.139. The second kappa shape index (κ2) is 7.92. The standard InChI is InChI=1S/C18H17NO5/c1-12(20)24-15-9-7-13(8-10-15)11-16(18(22)23)19-17(21)14-5-3-2-4-6-14/h2-10,16H,11H2,1H3,(H,19,21)(H,22,23). The molecule has 1 atom stereocenters. The molecule has 0 spiro atoms. The third-order valence-electron chi connectivity index (χ3n) is 3.26. The summed E-state index contributed by atoms with van der Waals surface area (Å²) in [5.74, 6) is -1.62. The Morgan fingerprint density at radius 1 is 1.04 bits per heavy atom. The molecule has 2 aromatic rings. The van der Waals surface area contributed by atoms with Crippen molar-refractivity contribution in [3.8, 4) is 5.75 Å². The van der Waals surface area contributed by atoms with E-state index in [2.05, 4.69) is 5.32 Å². The first-order valence-corrected chi connectivity index (χ1v) is 7.32. The molecule has 0 aliphatic carbocycles. The fraction of sp³-hybridized carbons (Fsp3) is 0.167. The molecule has 2 N–H and O–H groups in total. The minimum Gasteiger partial charge on any atom is -0.480 e. The minimum absolute atomic E-state index is 0.119. The monoisotopic (exact) mass is 327 g/mol. The van der Waals surface area contributed by atoms with E-state index in [4.69, 9.17) is 4.74 Å².